The lowest BCUT2D eigenvalue weighted by Gasteiger charge is -2.36. The summed E-state index contributed by atoms with van der Waals surface area (Å²) in [6.07, 6.45) is 3.13. The van der Waals surface area contributed by atoms with Crippen molar-refractivity contribution < 1.29 is 8.42 Å². The molecule has 2 aliphatic rings. The summed E-state index contributed by atoms with van der Waals surface area (Å²) in [7, 11) is -3.46. The summed E-state index contributed by atoms with van der Waals surface area (Å²) < 4.78 is 27.6. The Labute approximate surface area is 164 Å². The number of nitrogens with zero attached hydrogens (tertiary/aromatic N) is 2. The predicted octanol–water partition coefficient (Wildman–Crippen LogP) is 3.99. The lowest BCUT2D eigenvalue weighted by atomic mass is 10.1. The molecule has 0 aromatic heterocycles. The number of piperazine rings is 1. The normalized spacial score (nSPS) is 18.2. The molecule has 1 aliphatic heterocycles. The molecule has 7 heteroatoms. The Balaban J connectivity index is 1.51. The monoisotopic (exact) mass is 410 g/mol. The molecule has 0 saturated carbocycles. The summed E-state index contributed by atoms with van der Waals surface area (Å²) in [5.41, 5.74) is 3.31. The second-order valence-corrected chi connectivity index (χ2v) is 9.47. The van der Waals surface area contributed by atoms with Crippen molar-refractivity contribution in [3.8, 4) is 0 Å². The molecule has 1 aliphatic carbocycles. The maximum absolute atomic E-state index is 13.0. The zero-order valence-electron chi connectivity index (χ0n) is 14.3. The van der Waals surface area contributed by atoms with Crippen LogP contribution in [0.15, 0.2) is 41.3 Å². The van der Waals surface area contributed by atoms with E-state index in [1.165, 1.54) is 11.1 Å². The smallest absolute Gasteiger partial charge is 0.243 e. The molecule has 0 radical (unpaired) electrons. The molecule has 0 N–H and O–H groups in total. The van der Waals surface area contributed by atoms with Gasteiger partial charge in [-0.2, -0.15) is 4.31 Å². The fourth-order valence-electron chi connectivity index (χ4n) is 3.76. The van der Waals surface area contributed by atoms with Gasteiger partial charge in [0, 0.05) is 26.2 Å². The molecule has 1 saturated heterocycles. The Morgan fingerprint density at radius 2 is 1.62 bits per heavy atom. The molecule has 0 amide bonds. The van der Waals surface area contributed by atoms with Crippen molar-refractivity contribution in [2.24, 2.45) is 0 Å². The number of hydrogen-bond acceptors (Lipinski definition) is 3. The van der Waals surface area contributed by atoms with E-state index in [1.807, 2.05) is 24.3 Å². The fraction of sp³-hybridized carbons (Fsp3) is 0.368. The second kappa shape index (κ2) is 7.04. The third-order valence-electron chi connectivity index (χ3n) is 5.22. The van der Waals surface area contributed by atoms with Crippen molar-refractivity contribution >= 4 is 38.9 Å². The maximum atomic E-state index is 13.0. The molecule has 1 heterocycles. The van der Waals surface area contributed by atoms with Crippen molar-refractivity contribution in [1.29, 1.82) is 0 Å². The molecule has 0 spiro atoms. The highest BCUT2D eigenvalue weighted by atomic mass is 35.5. The van der Waals surface area contributed by atoms with Gasteiger partial charge < -0.3 is 4.90 Å². The maximum Gasteiger partial charge on any atom is 0.243 e. The van der Waals surface area contributed by atoms with Crippen LogP contribution in [0.1, 0.15) is 17.5 Å². The Kier molecular flexibility index (Phi) is 4.90. The van der Waals surface area contributed by atoms with E-state index in [2.05, 4.69) is 4.90 Å². The lowest BCUT2D eigenvalue weighted by molar-refractivity contribution is 0.385. The van der Waals surface area contributed by atoms with E-state index in [0.29, 0.717) is 41.1 Å². The number of sulfonamides is 1. The van der Waals surface area contributed by atoms with E-state index in [-0.39, 0.29) is 0 Å². The topological polar surface area (TPSA) is 40.6 Å². The summed E-state index contributed by atoms with van der Waals surface area (Å²) in [5, 5.41) is 1.03. The molecule has 0 atom stereocenters. The minimum atomic E-state index is -3.46. The molecule has 26 heavy (non-hydrogen) atoms. The zero-order valence-corrected chi connectivity index (χ0v) is 16.6. The molecule has 1 fully saturated rings. The minimum absolute atomic E-state index is 0.410. The van der Waals surface area contributed by atoms with E-state index in [0.717, 1.165) is 24.9 Å². The van der Waals surface area contributed by atoms with Gasteiger partial charge >= 0.3 is 0 Å². The minimum Gasteiger partial charge on any atom is -0.368 e. The van der Waals surface area contributed by atoms with Crippen LogP contribution in [0.4, 0.5) is 5.69 Å². The quantitative estimate of drug-likeness (QED) is 0.767. The van der Waals surface area contributed by atoms with Crippen LogP contribution in [0.3, 0.4) is 0 Å². The number of hydrogen-bond donors (Lipinski definition) is 0. The largest absolute Gasteiger partial charge is 0.368 e. The molecule has 0 bridgehead atoms. The number of rotatable bonds is 3. The Bertz CT molecular complexity index is 939. The van der Waals surface area contributed by atoms with Crippen LogP contribution in [0, 0.1) is 0 Å². The zero-order chi connectivity index (χ0) is 18.3. The number of benzene rings is 2. The average molecular weight is 411 g/mol. The van der Waals surface area contributed by atoms with Crippen LogP contribution in [0.25, 0.3) is 0 Å². The lowest BCUT2D eigenvalue weighted by Crippen LogP contribution is -2.48. The van der Waals surface area contributed by atoms with Gasteiger partial charge in [0.2, 0.25) is 10.0 Å². The molecule has 2 aromatic carbocycles. The van der Waals surface area contributed by atoms with Gasteiger partial charge in [-0.1, -0.05) is 35.3 Å². The first-order valence-electron chi connectivity index (χ1n) is 8.78. The highest BCUT2D eigenvalue weighted by Gasteiger charge is 2.30. The third kappa shape index (κ3) is 3.22. The van der Waals surface area contributed by atoms with Crippen LogP contribution in [-0.2, 0) is 22.9 Å². The molecule has 4 nitrogen and oxygen atoms in total. The van der Waals surface area contributed by atoms with Crippen LogP contribution < -0.4 is 4.90 Å². The Hall–Kier alpha value is -1.27. The van der Waals surface area contributed by atoms with Gasteiger partial charge in [0.1, 0.15) is 0 Å². The number of anilines is 1. The summed E-state index contributed by atoms with van der Waals surface area (Å²) in [5.74, 6) is 0. The van der Waals surface area contributed by atoms with Crippen LogP contribution in [-0.4, -0.2) is 38.9 Å². The van der Waals surface area contributed by atoms with Crippen LogP contribution in [0.5, 0.6) is 0 Å². The average Bonchev–Trinajstić information content (AvgIpc) is 3.12. The molecule has 0 unspecified atom stereocenters. The van der Waals surface area contributed by atoms with Gasteiger partial charge in [-0.05, 0) is 54.7 Å². The molecule has 2 aromatic rings. The van der Waals surface area contributed by atoms with Crippen molar-refractivity contribution in [3.05, 3.63) is 57.6 Å². The Morgan fingerprint density at radius 1 is 0.885 bits per heavy atom. The SMILES string of the molecule is O=S(=O)(c1ccc2c(c1)CCC2)N1CCN(c2cccc(Cl)c2Cl)CC1. The molecular weight excluding hydrogens is 391 g/mol. The molecule has 138 valence electrons. The second-order valence-electron chi connectivity index (χ2n) is 6.75. The highest BCUT2D eigenvalue weighted by molar-refractivity contribution is 7.89. The number of halogens is 2. The van der Waals surface area contributed by atoms with Gasteiger partial charge in [-0.15, -0.1) is 0 Å². The van der Waals surface area contributed by atoms with E-state index in [9.17, 15) is 8.42 Å². The summed E-state index contributed by atoms with van der Waals surface area (Å²) >= 11 is 12.4. The Morgan fingerprint density at radius 3 is 2.38 bits per heavy atom. The molecule has 4 rings (SSSR count). The summed E-state index contributed by atoms with van der Waals surface area (Å²) in [6, 6.07) is 11.1. The standard InChI is InChI=1S/C19H20Cl2N2O2S/c20-17-5-2-6-18(19(17)21)22-9-11-23(12-10-22)26(24,25)16-8-7-14-3-1-4-15(14)13-16/h2,5-8,13H,1,3-4,9-12H2. The van der Waals surface area contributed by atoms with Gasteiger partial charge in [0.25, 0.3) is 0 Å². The summed E-state index contributed by atoms with van der Waals surface area (Å²) in [4.78, 5) is 2.50. The van der Waals surface area contributed by atoms with E-state index in [4.69, 9.17) is 23.2 Å². The number of fused-ring (bicyclic) bond motifs is 1. The molecular formula is C19H20Cl2N2O2S. The van der Waals surface area contributed by atoms with Gasteiger partial charge in [0.15, 0.2) is 0 Å². The van der Waals surface area contributed by atoms with Crippen LogP contribution >= 0.6 is 23.2 Å². The van der Waals surface area contributed by atoms with Crippen molar-refractivity contribution in [2.75, 3.05) is 31.1 Å². The van der Waals surface area contributed by atoms with Crippen molar-refractivity contribution in [3.63, 3.8) is 0 Å². The first-order valence-corrected chi connectivity index (χ1v) is 11.0. The van der Waals surface area contributed by atoms with E-state index in [1.54, 1.807) is 16.4 Å². The fourth-order valence-corrected chi connectivity index (χ4v) is 5.65. The predicted molar refractivity (Wildman–Crippen MR) is 106 cm³/mol. The highest BCUT2D eigenvalue weighted by Crippen LogP contribution is 2.33. The van der Waals surface area contributed by atoms with Crippen LogP contribution in [0.2, 0.25) is 10.0 Å². The summed E-state index contributed by atoms with van der Waals surface area (Å²) in [6.45, 7) is 2.04. The first-order chi connectivity index (χ1) is 12.5. The third-order valence-corrected chi connectivity index (χ3v) is 7.92. The van der Waals surface area contributed by atoms with Gasteiger partial charge in [-0.25, -0.2) is 8.42 Å². The number of aryl methyl sites for hydroxylation is 2. The van der Waals surface area contributed by atoms with Gasteiger partial charge in [-0.3, -0.25) is 0 Å². The van der Waals surface area contributed by atoms with Gasteiger partial charge in [0.05, 0.1) is 20.6 Å². The van der Waals surface area contributed by atoms with E-state index >= 15 is 0 Å². The van der Waals surface area contributed by atoms with Crippen molar-refractivity contribution in [1.82, 2.24) is 4.31 Å². The van der Waals surface area contributed by atoms with E-state index < -0.39 is 10.0 Å². The first kappa shape index (κ1) is 18.1. The van der Waals surface area contributed by atoms with Crippen molar-refractivity contribution in [2.45, 2.75) is 24.2 Å².